The number of carboxylic acids is 1. The van der Waals surface area contributed by atoms with E-state index in [-0.39, 0.29) is 16.8 Å². The van der Waals surface area contributed by atoms with E-state index in [4.69, 9.17) is 0 Å². The summed E-state index contributed by atoms with van der Waals surface area (Å²) in [5.74, 6) is -1.26. The van der Waals surface area contributed by atoms with Gasteiger partial charge in [0.2, 0.25) is 5.43 Å². The van der Waals surface area contributed by atoms with Crippen molar-refractivity contribution in [3.8, 4) is 11.3 Å². The topological polar surface area (TPSA) is 88.0 Å². The number of aromatic nitrogens is 3. The Hall–Kier alpha value is -2.89. The average Bonchev–Trinajstić information content (AvgIpc) is 2.81. The average molecular weight is 269 g/mol. The lowest BCUT2D eigenvalue weighted by Gasteiger charge is -2.06. The number of carboxylic acid groups (broad SMARTS) is 1. The van der Waals surface area contributed by atoms with Crippen molar-refractivity contribution >= 4 is 17.1 Å². The van der Waals surface area contributed by atoms with Crippen molar-refractivity contribution in [3.05, 3.63) is 52.4 Å². The molecule has 2 aromatic heterocycles. The first-order chi connectivity index (χ1) is 9.59. The first kappa shape index (κ1) is 12.2. The van der Waals surface area contributed by atoms with Crippen molar-refractivity contribution in [1.82, 2.24) is 14.5 Å². The summed E-state index contributed by atoms with van der Waals surface area (Å²) in [5.41, 5.74) is 0.727. The van der Waals surface area contributed by atoms with Gasteiger partial charge in [0.15, 0.2) is 5.65 Å². The molecule has 0 amide bonds. The first-order valence-corrected chi connectivity index (χ1v) is 5.95. The number of hydrogen-bond donors (Lipinski definition) is 2. The van der Waals surface area contributed by atoms with E-state index >= 15 is 0 Å². The molecule has 6 heteroatoms. The fraction of sp³-hybridized carbons (Fsp3) is 0.0714. The van der Waals surface area contributed by atoms with Gasteiger partial charge in [-0.3, -0.25) is 4.79 Å². The molecule has 0 bridgehead atoms. The summed E-state index contributed by atoms with van der Waals surface area (Å²) in [7, 11) is 1.65. The number of nitrogens with one attached hydrogen (secondary N) is 1. The highest BCUT2D eigenvalue weighted by molar-refractivity contribution is 5.98. The zero-order valence-corrected chi connectivity index (χ0v) is 10.6. The molecule has 0 atom stereocenters. The van der Waals surface area contributed by atoms with Crippen LogP contribution in [0.5, 0.6) is 0 Å². The number of nitrogens with zero attached hydrogens (tertiary/aromatic N) is 2. The summed E-state index contributed by atoms with van der Waals surface area (Å²) in [5, 5.41) is 9.35. The Morgan fingerprint density at radius 3 is 2.65 bits per heavy atom. The summed E-state index contributed by atoms with van der Waals surface area (Å²) in [6.45, 7) is 0. The first-order valence-electron chi connectivity index (χ1n) is 5.95. The zero-order chi connectivity index (χ0) is 14.3. The lowest BCUT2D eigenvalue weighted by atomic mass is 10.1. The molecule has 20 heavy (non-hydrogen) atoms. The van der Waals surface area contributed by atoms with E-state index in [0.29, 0.717) is 11.2 Å². The van der Waals surface area contributed by atoms with Crippen molar-refractivity contribution < 1.29 is 9.90 Å². The second kappa shape index (κ2) is 4.34. The van der Waals surface area contributed by atoms with Gasteiger partial charge in [0, 0.05) is 7.05 Å². The SMILES string of the molecule is Cn1cnc2[nH]c(-c3ccccc3)c(C(=O)O)c(=O)c21. The predicted octanol–water partition coefficient (Wildman–Crippen LogP) is 1.63. The Labute approximate surface area is 113 Å². The van der Waals surface area contributed by atoms with Crippen molar-refractivity contribution in [2.45, 2.75) is 0 Å². The quantitative estimate of drug-likeness (QED) is 0.740. The highest BCUT2D eigenvalue weighted by atomic mass is 16.4. The largest absolute Gasteiger partial charge is 0.477 e. The standard InChI is InChI=1S/C14H11N3O3/c1-17-7-15-13-11(17)12(18)9(14(19)20)10(16-13)8-5-3-2-4-6-8/h2-7H,1H3,(H,16,18)(H,19,20). The molecule has 0 saturated heterocycles. The van der Waals surface area contributed by atoms with Crippen LogP contribution in [-0.2, 0) is 7.05 Å². The van der Waals surface area contributed by atoms with Crippen LogP contribution in [0.4, 0.5) is 0 Å². The lowest BCUT2D eigenvalue weighted by molar-refractivity contribution is 0.0696. The van der Waals surface area contributed by atoms with Gasteiger partial charge in [0.25, 0.3) is 0 Å². The number of rotatable bonds is 2. The number of imidazole rings is 1. The van der Waals surface area contributed by atoms with Gasteiger partial charge in [-0.25, -0.2) is 9.78 Å². The van der Waals surface area contributed by atoms with Gasteiger partial charge in [-0.1, -0.05) is 30.3 Å². The molecule has 0 fully saturated rings. The lowest BCUT2D eigenvalue weighted by Crippen LogP contribution is -2.19. The summed E-state index contributed by atoms with van der Waals surface area (Å²) < 4.78 is 1.51. The number of H-pyrrole nitrogens is 1. The Balaban J connectivity index is 2.46. The molecule has 2 heterocycles. The molecule has 0 spiro atoms. The number of fused-ring (bicyclic) bond motifs is 1. The van der Waals surface area contributed by atoms with Crippen LogP contribution in [0.2, 0.25) is 0 Å². The number of aromatic amines is 1. The molecule has 3 rings (SSSR count). The van der Waals surface area contributed by atoms with Gasteiger partial charge in [-0.05, 0) is 5.56 Å². The van der Waals surface area contributed by atoms with Crippen LogP contribution in [0.1, 0.15) is 10.4 Å². The molecular formula is C14H11N3O3. The molecule has 0 aliphatic rings. The van der Waals surface area contributed by atoms with Crippen LogP contribution < -0.4 is 5.43 Å². The second-order valence-electron chi connectivity index (χ2n) is 4.43. The fourth-order valence-corrected chi connectivity index (χ4v) is 2.23. The maximum absolute atomic E-state index is 12.4. The van der Waals surface area contributed by atoms with E-state index in [0.717, 1.165) is 0 Å². The minimum atomic E-state index is -1.26. The molecule has 0 radical (unpaired) electrons. The Kier molecular flexibility index (Phi) is 2.64. The number of hydrogen-bond acceptors (Lipinski definition) is 3. The van der Waals surface area contributed by atoms with Crippen LogP contribution in [0.25, 0.3) is 22.4 Å². The van der Waals surface area contributed by atoms with Crippen molar-refractivity contribution in [2.75, 3.05) is 0 Å². The van der Waals surface area contributed by atoms with Crippen LogP contribution in [0.15, 0.2) is 41.5 Å². The third-order valence-corrected chi connectivity index (χ3v) is 3.15. The van der Waals surface area contributed by atoms with Gasteiger partial charge in [-0.2, -0.15) is 0 Å². The van der Waals surface area contributed by atoms with Crippen LogP contribution in [0.3, 0.4) is 0 Å². The molecule has 0 unspecified atom stereocenters. The summed E-state index contributed by atoms with van der Waals surface area (Å²) in [6, 6.07) is 8.87. The van der Waals surface area contributed by atoms with Gasteiger partial charge in [0.1, 0.15) is 11.1 Å². The van der Waals surface area contributed by atoms with Gasteiger partial charge in [0.05, 0.1) is 12.0 Å². The zero-order valence-electron chi connectivity index (χ0n) is 10.6. The maximum Gasteiger partial charge on any atom is 0.341 e. The molecule has 0 aliphatic heterocycles. The summed E-state index contributed by atoms with van der Waals surface area (Å²) in [6.07, 6.45) is 1.48. The normalized spacial score (nSPS) is 10.8. The molecule has 100 valence electrons. The molecule has 0 saturated carbocycles. The summed E-state index contributed by atoms with van der Waals surface area (Å²) >= 11 is 0. The highest BCUT2D eigenvalue weighted by Gasteiger charge is 2.21. The van der Waals surface area contributed by atoms with Crippen LogP contribution in [-0.4, -0.2) is 25.6 Å². The summed E-state index contributed by atoms with van der Waals surface area (Å²) in [4.78, 5) is 30.8. The van der Waals surface area contributed by atoms with Crippen molar-refractivity contribution in [2.24, 2.45) is 7.05 Å². The van der Waals surface area contributed by atoms with E-state index in [1.54, 1.807) is 31.3 Å². The van der Waals surface area contributed by atoms with E-state index in [9.17, 15) is 14.7 Å². The third-order valence-electron chi connectivity index (χ3n) is 3.15. The number of carbonyl (C=O) groups is 1. The minimum absolute atomic E-state index is 0.252. The monoisotopic (exact) mass is 269 g/mol. The highest BCUT2D eigenvalue weighted by Crippen LogP contribution is 2.21. The number of aromatic carboxylic acids is 1. The molecule has 3 aromatic rings. The van der Waals surface area contributed by atoms with Gasteiger partial charge < -0.3 is 14.7 Å². The van der Waals surface area contributed by atoms with Gasteiger partial charge in [-0.15, -0.1) is 0 Å². The maximum atomic E-state index is 12.4. The molecule has 2 N–H and O–H groups in total. The third kappa shape index (κ3) is 1.70. The second-order valence-corrected chi connectivity index (χ2v) is 4.43. The number of pyridine rings is 1. The smallest absolute Gasteiger partial charge is 0.341 e. The predicted molar refractivity (Wildman–Crippen MR) is 73.7 cm³/mol. The Bertz CT molecular complexity index is 862. The molecule has 6 nitrogen and oxygen atoms in total. The van der Waals surface area contributed by atoms with E-state index in [2.05, 4.69) is 9.97 Å². The van der Waals surface area contributed by atoms with Crippen molar-refractivity contribution in [1.29, 1.82) is 0 Å². The van der Waals surface area contributed by atoms with E-state index < -0.39 is 11.4 Å². The Morgan fingerprint density at radius 1 is 1.30 bits per heavy atom. The number of aryl methyl sites for hydroxylation is 1. The number of benzene rings is 1. The van der Waals surface area contributed by atoms with Crippen LogP contribution >= 0.6 is 0 Å². The van der Waals surface area contributed by atoms with Gasteiger partial charge >= 0.3 is 5.97 Å². The van der Waals surface area contributed by atoms with Crippen molar-refractivity contribution in [3.63, 3.8) is 0 Å². The molecule has 1 aromatic carbocycles. The van der Waals surface area contributed by atoms with E-state index in [1.165, 1.54) is 10.9 Å². The van der Waals surface area contributed by atoms with Crippen LogP contribution in [0, 0.1) is 0 Å². The fourth-order valence-electron chi connectivity index (χ4n) is 2.23. The van der Waals surface area contributed by atoms with E-state index in [1.807, 2.05) is 6.07 Å². The molecular weight excluding hydrogens is 258 g/mol. The minimum Gasteiger partial charge on any atom is -0.477 e. The Morgan fingerprint density at radius 2 is 2.00 bits per heavy atom. The molecule has 0 aliphatic carbocycles.